The van der Waals surface area contributed by atoms with Gasteiger partial charge >= 0.3 is 6.03 Å². The van der Waals surface area contributed by atoms with E-state index in [0.29, 0.717) is 21.7 Å². The second-order valence-corrected chi connectivity index (χ2v) is 10.3. The van der Waals surface area contributed by atoms with Crippen molar-refractivity contribution in [3.8, 4) is 0 Å². The lowest BCUT2D eigenvalue weighted by atomic mass is 10.2. The highest BCUT2D eigenvalue weighted by atomic mass is 32.2. The summed E-state index contributed by atoms with van der Waals surface area (Å²) in [6.45, 7) is 7.88. The summed E-state index contributed by atoms with van der Waals surface area (Å²) in [5.74, 6) is -0.208. The molecule has 5 rings (SSSR count). The number of rotatable bonds is 7. The lowest BCUT2D eigenvalue weighted by Crippen LogP contribution is -2.38. The summed E-state index contributed by atoms with van der Waals surface area (Å²) in [6, 6.07) is 7.87. The molecule has 4 heterocycles. The number of hydrogen-bond donors (Lipinski definition) is 3. The quantitative estimate of drug-likeness (QED) is 0.407. The van der Waals surface area contributed by atoms with Gasteiger partial charge in [-0.2, -0.15) is 0 Å². The van der Waals surface area contributed by atoms with Crippen molar-refractivity contribution in [2.75, 3.05) is 44.7 Å². The van der Waals surface area contributed by atoms with E-state index in [-0.39, 0.29) is 11.9 Å². The third-order valence-corrected chi connectivity index (χ3v) is 7.52. The van der Waals surface area contributed by atoms with Crippen LogP contribution in [0.4, 0.5) is 15.6 Å². The first kappa shape index (κ1) is 24.5. The number of anilines is 1. The van der Waals surface area contributed by atoms with Gasteiger partial charge in [-0.1, -0.05) is 11.3 Å². The Morgan fingerprint density at radius 2 is 2.14 bits per heavy atom. The van der Waals surface area contributed by atoms with Crippen molar-refractivity contribution in [1.29, 1.82) is 0 Å². The summed E-state index contributed by atoms with van der Waals surface area (Å²) >= 11 is 2.58. The zero-order valence-electron chi connectivity index (χ0n) is 19.8. The second-order valence-electron chi connectivity index (χ2n) is 8.24. The molecule has 188 valence electrons. The van der Waals surface area contributed by atoms with Crippen LogP contribution in [0.3, 0.4) is 0 Å². The number of amides is 3. The number of amidine groups is 1. The molecule has 0 atom stereocenters. The SMILES string of the molecule is CCNC(=O)Nc1ncc(C=C2SC(=Nc3ccc4c(ccn4CCN4CCOCC4)c3)NC2=O)s1. The molecule has 0 spiro atoms. The first-order valence-corrected chi connectivity index (χ1v) is 13.4. The van der Waals surface area contributed by atoms with Crippen LogP contribution in [0.2, 0.25) is 0 Å². The van der Waals surface area contributed by atoms with Gasteiger partial charge in [0, 0.05) is 56.0 Å². The number of carbonyl (C=O) groups excluding carboxylic acids is 2. The Bertz CT molecular complexity index is 1320. The van der Waals surface area contributed by atoms with E-state index in [2.05, 4.69) is 53.7 Å². The fourth-order valence-corrected chi connectivity index (χ4v) is 5.63. The Balaban J connectivity index is 1.23. The highest BCUT2D eigenvalue weighted by molar-refractivity contribution is 8.18. The number of benzene rings is 1. The van der Waals surface area contributed by atoms with Crippen molar-refractivity contribution in [1.82, 2.24) is 25.1 Å². The predicted molar refractivity (Wildman–Crippen MR) is 145 cm³/mol. The molecule has 2 aliphatic rings. The minimum atomic E-state index is -0.308. The number of nitrogens with zero attached hydrogens (tertiary/aromatic N) is 4. The van der Waals surface area contributed by atoms with E-state index < -0.39 is 0 Å². The van der Waals surface area contributed by atoms with Crippen molar-refractivity contribution in [2.45, 2.75) is 13.5 Å². The van der Waals surface area contributed by atoms with Crippen molar-refractivity contribution in [3.05, 3.63) is 46.4 Å². The van der Waals surface area contributed by atoms with Gasteiger partial charge in [-0.3, -0.25) is 15.0 Å². The number of nitrogens with one attached hydrogen (secondary N) is 3. The van der Waals surface area contributed by atoms with Gasteiger partial charge in [-0.25, -0.2) is 14.8 Å². The van der Waals surface area contributed by atoms with Crippen LogP contribution < -0.4 is 16.0 Å². The highest BCUT2D eigenvalue weighted by Gasteiger charge is 2.24. The molecule has 0 bridgehead atoms. The molecule has 3 amide bonds. The van der Waals surface area contributed by atoms with Crippen molar-refractivity contribution in [3.63, 3.8) is 0 Å². The van der Waals surface area contributed by atoms with E-state index in [1.807, 2.05) is 19.1 Å². The molecule has 2 aromatic heterocycles. The molecule has 0 aliphatic carbocycles. The number of aromatic nitrogens is 2. The molecule has 2 aliphatic heterocycles. The number of hydrogen-bond acceptors (Lipinski definition) is 8. The normalized spacial score (nSPS) is 18.8. The Labute approximate surface area is 216 Å². The fraction of sp³-hybridized carbons (Fsp3) is 0.333. The van der Waals surface area contributed by atoms with E-state index in [9.17, 15) is 9.59 Å². The number of ether oxygens (including phenoxy) is 1. The summed E-state index contributed by atoms with van der Waals surface area (Å²) in [5, 5.41) is 10.3. The minimum Gasteiger partial charge on any atom is -0.379 e. The summed E-state index contributed by atoms with van der Waals surface area (Å²) in [5.41, 5.74) is 1.95. The summed E-state index contributed by atoms with van der Waals surface area (Å²) in [4.78, 5) is 36.7. The maximum Gasteiger partial charge on any atom is 0.321 e. The topological polar surface area (TPSA) is 113 Å². The van der Waals surface area contributed by atoms with E-state index in [4.69, 9.17) is 4.74 Å². The van der Waals surface area contributed by atoms with Gasteiger partial charge in [0.15, 0.2) is 10.3 Å². The van der Waals surface area contributed by atoms with Gasteiger partial charge in [0.1, 0.15) is 0 Å². The molecule has 2 saturated heterocycles. The monoisotopic (exact) mass is 525 g/mol. The molecular weight excluding hydrogens is 498 g/mol. The summed E-state index contributed by atoms with van der Waals surface area (Å²) in [7, 11) is 0. The number of aliphatic imine (C=N–C) groups is 1. The molecule has 3 N–H and O–H groups in total. The number of thioether (sulfide) groups is 1. The largest absolute Gasteiger partial charge is 0.379 e. The molecule has 36 heavy (non-hydrogen) atoms. The number of urea groups is 1. The molecule has 3 aromatic rings. The first-order valence-electron chi connectivity index (χ1n) is 11.8. The van der Waals surface area contributed by atoms with Crippen molar-refractivity contribution in [2.24, 2.45) is 4.99 Å². The Morgan fingerprint density at radius 1 is 1.28 bits per heavy atom. The number of morpholine rings is 1. The van der Waals surface area contributed by atoms with Crippen LogP contribution in [0.25, 0.3) is 17.0 Å². The lowest BCUT2D eigenvalue weighted by molar-refractivity contribution is -0.115. The summed E-state index contributed by atoms with van der Waals surface area (Å²) < 4.78 is 7.69. The highest BCUT2D eigenvalue weighted by Crippen LogP contribution is 2.31. The Morgan fingerprint density at radius 3 is 2.97 bits per heavy atom. The predicted octanol–water partition coefficient (Wildman–Crippen LogP) is 3.46. The average Bonchev–Trinajstić information content (AvgIpc) is 3.57. The van der Waals surface area contributed by atoms with Crippen LogP contribution in [-0.4, -0.2) is 70.9 Å². The zero-order chi connectivity index (χ0) is 24.9. The Kier molecular flexibility index (Phi) is 7.66. The molecule has 12 heteroatoms. The molecule has 2 fully saturated rings. The van der Waals surface area contributed by atoms with Crippen LogP contribution in [0.1, 0.15) is 11.8 Å². The molecule has 0 saturated carbocycles. The third kappa shape index (κ3) is 5.95. The molecule has 1 aromatic carbocycles. The van der Waals surface area contributed by atoms with Crippen LogP contribution in [0.15, 0.2) is 46.6 Å². The van der Waals surface area contributed by atoms with Crippen LogP contribution in [-0.2, 0) is 16.1 Å². The zero-order valence-corrected chi connectivity index (χ0v) is 21.5. The number of fused-ring (bicyclic) bond motifs is 1. The maximum atomic E-state index is 12.5. The van der Waals surface area contributed by atoms with Crippen molar-refractivity contribution >= 4 is 68.0 Å². The van der Waals surface area contributed by atoms with E-state index in [1.165, 1.54) is 23.1 Å². The minimum absolute atomic E-state index is 0.208. The van der Waals surface area contributed by atoms with Gasteiger partial charge in [0.25, 0.3) is 5.91 Å². The maximum absolute atomic E-state index is 12.5. The molecule has 0 unspecified atom stereocenters. The van der Waals surface area contributed by atoms with Crippen LogP contribution in [0, 0.1) is 0 Å². The first-order chi connectivity index (χ1) is 17.6. The van der Waals surface area contributed by atoms with Crippen molar-refractivity contribution < 1.29 is 14.3 Å². The van der Waals surface area contributed by atoms with E-state index >= 15 is 0 Å². The fourth-order valence-electron chi connectivity index (χ4n) is 3.97. The lowest BCUT2D eigenvalue weighted by Gasteiger charge is -2.26. The standard InChI is InChI=1S/C24H27N7O3S2/c1-2-25-22(33)29-23-26-15-18(35-23)14-20-21(32)28-24(36-20)27-17-3-4-19-16(13-17)5-6-31(19)8-7-30-9-11-34-12-10-30/h3-6,13-15H,2,7-12H2,1H3,(H,27,28,32)(H2,25,26,29,33). The van der Waals surface area contributed by atoms with Crippen LogP contribution in [0.5, 0.6) is 0 Å². The van der Waals surface area contributed by atoms with Gasteiger partial charge in [0.2, 0.25) is 0 Å². The smallest absolute Gasteiger partial charge is 0.321 e. The van der Waals surface area contributed by atoms with Gasteiger partial charge in [-0.05, 0) is 49.0 Å². The Hall–Kier alpha value is -3.19. The van der Waals surface area contributed by atoms with E-state index in [1.54, 1.807) is 12.3 Å². The van der Waals surface area contributed by atoms with E-state index in [0.717, 1.165) is 60.9 Å². The number of carbonyl (C=O) groups is 2. The van der Waals surface area contributed by atoms with Gasteiger partial charge in [-0.15, -0.1) is 0 Å². The van der Waals surface area contributed by atoms with Gasteiger partial charge in [0.05, 0.1) is 28.7 Å². The molecule has 0 radical (unpaired) electrons. The van der Waals surface area contributed by atoms with Gasteiger partial charge < -0.3 is 19.9 Å². The summed E-state index contributed by atoms with van der Waals surface area (Å²) in [6.07, 6.45) is 5.49. The second kappa shape index (κ2) is 11.2. The average molecular weight is 526 g/mol. The third-order valence-electron chi connectivity index (χ3n) is 5.75. The molecule has 10 nitrogen and oxygen atoms in total. The number of thiazole rings is 1. The van der Waals surface area contributed by atoms with Crippen LogP contribution >= 0.6 is 23.1 Å². The molecular formula is C24H27N7O3S2.